The molecule has 1 aromatic rings. The molecule has 0 radical (unpaired) electrons. The number of anilines is 1. The van der Waals surface area contributed by atoms with Crippen LogP contribution in [0.1, 0.15) is 41.3 Å². The van der Waals surface area contributed by atoms with Crippen LogP contribution in [0.25, 0.3) is 0 Å². The first kappa shape index (κ1) is 31.9. The van der Waals surface area contributed by atoms with Crippen molar-refractivity contribution in [1.82, 2.24) is 10.2 Å². The van der Waals surface area contributed by atoms with E-state index >= 15 is 0 Å². The monoisotopic (exact) mass is 598 g/mol. The summed E-state index contributed by atoms with van der Waals surface area (Å²) in [6, 6.07) is -0.435. The number of rotatable bonds is 7. The Kier molecular flexibility index (Phi) is 8.26. The van der Waals surface area contributed by atoms with Gasteiger partial charge < -0.3 is 36.2 Å². The molecule has 6 N–H and O–H groups in total. The van der Waals surface area contributed by atoms with Crippen LogP contribution in [-0.2, 0) is 27.3 Å². The van der Waals surface area contributed by atoms with Gasteiger partial charge in [0.15, 0.2) is 23.0 Å². The van der Waals surface area contributed by atoms with Gasteiger partial charge in [0.25, 0.3) is 0 Å². The van der Waals surface area contributed by atoms with Gasteiger partial charge >= 0.3 is 6.18 Å². The summed E-state index contributed by atoms with van der Waals surface area (Å²) in [5.74, 6) is -10.2. The van der Waals surface area contributed by atoms with Crippen molar-refractivity contribution < 1.29 is 47.7 Å². The molecule has 0 spiro atoms. The summed E-state index contributed by atoms with van der Waals surface area (Å²) in [7, 11) is 6.51. The maximum Gasteiger partial charge on any atom is 0.390 e. The molecule has 8 atom stereocenters. The number of hydrogen-bond acceptors (Lipinski definition) is 10. The molecule has 0 saturated heterocycles. The number of Topliss-reactive ketones (excluding diaryl/α,β-unsaturated/α-hetero) is 3. The zero-order valence-corrected chi connectivity index (χ0v) is 24.0. The summed E-state index contributed by atoms with van der Waals surface area (Å²) in [6.07, 6.45) is -7.04. The highest BCUT2D eigenvalue weighted by molar-refractivity contribution is 6.25. The van der Waals surface area contributed by atoms with Crippen molar-refractivity contribution in [2.24, 2.45) is 29.4 Å². The number of carbonyl (C=O) groups excluding carboxylic acids is 4. The molecule has 0 aliphatic heterocycles. The fourth-order valence-corrected chi connectivity index (χ4v) is 7.16. The fraction of sp³-hybridized carbons (Fsp3) is 0.643. The second-order valence-corrected chi connectivity index (χ2v) is 12.2. The molecule has 2 saturated carbocycles. The first-order valence-corrected chi connectivity index (χ1v) is 13.7. The molecule has 1 amide bonds. The molecule has 4 rings (SSSR count). The minimum Gasteiger partial charge on any atom is -0.507 e. The van der Waals surface area contributed by atoms with Crippen molar-refractivity contribution in [3.8, 4) is 5.75 Å². The zero-order valence-electron chi connectivity index (χ0n) is 24.0. The number of aromatic hydroxyl groups is 1. The highest BCUT2D eigenvalue weighted by atomic mass is 19.4. The van der Waals surface area contributed by atoms with Crippen molar-refractivity contribution >= 4 is 28.9 Å². The van der Waals surface area contributed by atoms with Gasteiger partial charge in [-0.2, -0.15) is 13.2 Å². The predicted octanol–water partition coefficient (Wildman–Crippen LogP) is 0.155. The van der Waals surface area contributed by atoms with E-state index in [1.807, 2.05) is 0 Å². The number of nitrogens with zero attached hydrogens (tertiary/aromatic N) is 2. The lowest BCUT2D eigenvalue weighted by atomic mass is 9.52. The number of carbonyl (C=O) groups is 4. The Hall–Kier alpha value is -3.07. The molecule has 2 fully saturated rings. The summed E-state index contributed by atoms with van der Waals surface area (Å²) in [4.78, 5) is 56.8. The van der Waals surface area contributed by atoms with Gasteiger partial charge in [-0.25, -0.2) is 0 Å². The van der Waals surface area contributed by atoms with Gasteiger partial charge in [0.2, 0.25) is 5.91 Å². The maximum atomic E-state index is 14.0. The standard InChI is InChI=1S/C28H37F3N4O7/c1-11(9-27(29,30)31)33-10-13-8-16(34(2)3)14-6-12-7-15-20(35(4)5)23(38)19(26(32)41)25(40)28(15,42)24(39)17(12)22(37)18(14)21(13)36/h8,11-12,15,17,19-20,23,33,36,38,42H,6-7,9-10H2,1-5H3,(H2,32,41)/t11?,12-,15-,17?,19?,20-,23?,28-/m1/s1. The van der Waals surface area contributed by atoms with Gasteiger partial charge in [-0.05, 0) is 51.4 Å². The maximum absolute atomic E-state index is 14.0. The summed E-state index contributed by atoms with van der Waals surface area (Å²) >= 11 is 0. The normalized spacial score (nSPS) is 31.8. The molecule has 0 heterocycles. The minimum absolute atomic E-state index is 0.0267. The van der Waals surface area contributed by atoms with Crippen LogP contribution in [-0.4, -0.2) is 102 Å². The van der Waals surface area contributed by atoms with E-state index in [0.29, 0.717) is 11.3 Å². The zero-order chi connectivity index (χ0) is 31.6. The fourth-order valence-electron chi connectivity index (χ4n) is 7.16. The minimum atomic E-state index is -4.41. The second-order valence-electron chi connectivity index (χ2n) is 12.2. The van der Waals surface area contributed by atoms with Crippen LogP contribution in [0.4, 0.5) is 18.9 Å². The molecule has 14 heteroatoms. The third kappa shape index (κ3) is 5.07. The van der Waals surface area contributed by atoms with Gasteiger partial charge in [-0.15, -0.1) is 0 Å². The van der Waals surface area contributed by atoms with Gasteiger partial charge in [0.1, 0.15) is 11.7 Å². The molecule has 1 aromatic carbocycles. The number of fused-ring (bicyclic) bond motifs is 3. The van der Waals surface area contributed by atoms with Crippen LogP contribution in [0.3, 0.4) is 0 Å². The lowest BCUT2D eigenvalue weighted by Gasteiger charge is -2.55. The van der Waals surface area contributed by atoms with Gasteiger partial charge in [0.05, 0.1) is 24.0 Å². The number of aliphatic hydroxyl groups excluding tert-OH is 1. The van der Waals surface area contributed by atoms with E-state index < -0.39 is 89.1 Å². The third-order valence-electron chi connectivity index (χ3n) is 9.01. The lowest BCUT2D eigenvalue weighted by molar-refractivity contribution is -0.190. The van der Waals surface area contributed by atoms with Crippen LogP contribution in [0.5, 0.6) is 5.75 Å². The molecule has 3 aliphatic carbocycles. The number of amides is 1. The van der Waals surface area contributed by atoms with Crippen LogP contribution in [0.15, 0.2) is 6.07 Å². The number of likely N-dealkylation sites (N-methyl/N-ethyl adjacent to an activating group) is 1. The smallest absolute Gasteiger partial charge is 0.390 e. The number of nitrogens with two attached hydrogens (primary N) is 1. The van der Waals surface area contributed by atoms with Crippen molar-refractivity contribution in [3.05, 3.63) is 22.8 Å². The van der Waals surface area contributed by atoms with E-state index in [9.17, 15) is 47.7 Å². The number of phenols is 1. The average Bonchev–Trinajstić information content (AvgIpc) is 2.84. The van der Waals surface area contributed by atoms with Crippen LogP contribution >= 0.6 is 0 Å². The number of ketones is 3. The second kappa shape index (κ2) is 10.9. The van der Waals surface area contributed by atoms with E-state index in [1.54, 1.807) is 39.2 Å². The Morgan fingerprint density at radius 1 is 1.19 bits per heavy atom. The Labute approximate surface area is 240 Å². The Balaban J connectivity index is 1.79. The predicted molar refractivity (Wildman–Crippen MR) is 144 cm³/mol. The number of hydrogen-bond donors (Lipinski definition) is 5. The van der Waals surface area contributed by atoms with Crippen LogP contribution in [0, 0.1) is 23.7 Å². The molecule has 0 bridgehead atoms. The summed E-state index contributed by atoms with van der Waals surface area (Å²) in [5.41, 5.74) is 3.48. The highest BCUT2D eigenvalue weighted by Crippen LogP contribution is 2.52. The Morgan fingerprint density at radius 2 is 1.81 bits per heavy atom. The largest absolute Gasteiger partial charge is 0.507 e. The first-order chi connectivity index (χ1) is 19.3. The molecule has 232 valence electrons. The van der Waals surface area contributed by atoms with E-state index in [1.165, 1.54) is 11.8 Å². The SMILES string of the molecule is CC(CC(F)(F)F)NCc1cc(N(C)C)c2c(c1O)C(=O)C1C(=O)[C@@]3(O)C(=O)C(C(N)=O)C(O)[C@H](N(C)C)[C@H]3C[C@H]1C2. The van der Waals surface area contributed by atoms with E-state index in [-0.39, 0.29) is 30.5 Å². The molecule has 3 aliphatic rings. The number of halogens is 3. The number of primary amides is 1. The van der Waals surface area contributed by atoms with Crippen molar-refractivity contribution in [2.45, 2.75) is 62.7 Å². The van der Waals surface area contributed by atoms with E-state index in [0.717, 1.165) is 0 Å². The highest BCUT2D eigenvalue weighted by Gasteiger charge is 2.69. The Bertz CT molecular complexity index is 1320. The first-order valence-electron chi connectivity index (χ1n) is 13.7. The lowest BCUT2D eigenvalue weighted by Crippen LogP contribution is -2.75. The summed E-state index contributed by atoms with van der Waals surface area (Å²) < 4.78 is 38.5. The van der Waals surface area contributed by atoms with E-state index in [2.05, 4.69) is 5.32 Å². The number of aliphatic hydroxyl groups is 2. The topological polar surface area (TPSA) is 174 Å². The third-order valence-corrected chi connectivity index (χ3v) is 9.01. The summed E-state index contributed by atoms with van der Waals surface area (Å²) in [5, 5.41) is 36.6. The number of alkyl halides is 3. The van der Waals surface area contributed by atoms with Crippen molar-refractivity contribution in [3.63, 3.8) is 0 Å². The number of nitrogens with one attached hydrogen (secondary N) is 1. The Morgan fingerprint density at radius 3 is 2.33 bits per heavy atom. The number of benzene rings is 1. The van der Waals surface area contributed by atoms with Gasteiger partial charge in [-0.1, -0.05) is 0 Å². The average molecular weight is 599 g/mol. The van der Waals surface area contributed by atoms with Gasteiger partial charge in [0, 0.05) is 49.9 Å². The molecule has 4 unspecified atom stereocenters. The summed E-state index contributed by atoms with van der Waals surface area (Å²) in [6.45, 7) is 1.13. The molecule has 42 heavy (non-hydrogen) atoms. The molecule has 11 nitrogen and oxygen atoms in total. The quantitative estimate of drug-likeness (QED) is 0.272. The van der Waals surface area contributed by atoms with Crippen LogP contribution in [0.2, 0.25) is 0 Å². The van der Waals surface area contributed by atoms with Gasteiger partial charge in [-0.3, -0.25) is 19.2 Å². The molecular weight excluding hydrogens is 561 g/mol. The van der Waals surface area contributed by atoms with Crippen LogP contribution < -0.4 is 16.0 Å². The van der Waals surface area contributed by atoms with Crippen molar-refractivity contribution in [2.75, 3.05) is 33.1 Å². The van der Waals surface area contributed by atoms with Crippen molar-refractivity contribution in [1.29, 1.82) is 0 Å². The number of phenolic OH excluding ortho intramolecular Hbond substituents is 1. The van der Waals surface area contributed by atoms with E-state index in [4.69, 9.17) is 5.73 Å². The molecular formula is C28H37F3N4O7. The molecule has 0 aromatic heterocycles.